The molecule has 164 valence electrons. The van der Waals surface area contributed by atoms with Crippen LogP contribution in [0.5, 0.6) is 0 Å². The number of fused-ring (bicyclic) bond motifs is 2. The second-order valence-corrected chi connectivity index (χ2v) is 8.74. The second kappa shape index (κ2) is 8.55. The van der Waals surface area contributed by atoms with Crippen molar-refractivity contribution in [2.75, 3.05) is 0 Å². The Balaban J connectivity index is 1.54. The highest BCUT2D eigenvalue weighted by molar-refractivity contribution is 8.13. The number of hydrazone groups is 1. The molecule has 2 N–H and O–H groups in total. The van der Waals surface area contributed by atoms with Crippen molar-refractivity contribution in [3.63, 3.8) is 0 Å². The number of benzene rings is 3. The lowest BCUT2D eigenvalue weighted by Crippen LogP contribution is -2.50. The summed E-state index contributed by atoms with van der Waals surface area (Å²) in [5.74, 6) is -0.579. The van der Waals surface area contributed by atoms with E-state index in [4.69, 9.17) is 10.1 Å². The maximum Gasteiger partial charge on any atom is 0.335 e. The Morgan fingerprint density at radius 1 is 1.06 bits per heavy atom. The minimum absolute atomic E-state index is 0.188. The van der Waals surface area contributed by atoms with Crippen molar-refractivity contribution >= 4 is 34.5 Å². The van der Waals surface area contributed by atoms with E-state index in [-0.39, 0.29) is 11.5 Å². The van der Waals surface area contributed by atoms with Gasteiger partial charge in [-0.3, -0.25) is 15.1 Å². The highest BCUT2D eigenvalue weighted by Crippen LogP contribution is 2.31. The van der Waals surface area contributed by atoms with E-state index in [0.717, 1.165) is 11.1 Å². The molecule has 1 unspecified atom stereocenters. The van der Waals surface area contributed by atoms with Gasteiger partial charge >= 0.3 is 5.97 Å². The van der Waals surface area contributed by atoms with Crippen molar-refractivity contribution in [2.24, 2.45) is 10.1 Å². The van der Waals surface area contributed by atoms with Gasteiger partial charge in [-0.1, -0.05) is 71.9 Å². The molecule has 0 saturated carbocycles. The summed E-state index contributed by atoms with van der Waals surface area (Å²) in [6.45, 7) is 2.04. The van der Waals surface area contributed by atoms with Crippen LogP contribution in [0.1, 0.15) is 33.2 Å². The summed E-state index contributed by atoms with van der Waals surface area (Å²) >= 11 is 1.44. The first-order chi connectivity index (χ1) is 16.0. The van der Waals surface area contributed by atoms with Crippen molar-refractivity contribution in [1.82, 2.24) is 10.3 Å². The number of carbonyl (C=O) groups is 2. The number of para-hydroxylation sites is 1. The number of hydrogen-bond donors (Lipinski definition) is 2. The number of aromatic carboxylic acids is 1. The molecule has 0 fully saturated rings. The van der Waals surface area contributed by atoms with Crippen molar-refractivity contribution in [1.29, 1.82) is 0 Å². The van der Waals surface area contributed by atoms with Crippen LogP contribution in [0.25, 0.3) is 5.70 Å². The summed E-state index contributed by atoms with van der Waals surface area (Å²) in [6, 6.07) is 22.2. The molecule has 0 spiro atoms. The van der Waals surface area contributed by atoms with Gasteiger partial charge in [-0.2, -0.15) is 0 Å². The fourth-order valence-electron chi connectivity index (χ4n) is 3.74. The maximum absolute atomic E-state index is 13.2. The molecule has 33 heavy (non-hydrogen) atoms. The number of amidine groups is 1. The van der Waals surface area contributed by atoms with E-state index in [1.807, 2.05) is 31.2 Å². The first-order valence-corrected chi connectivity index (χ1v) is 11.4. The number of hydrogen-bond acceptors (Lipinski definition) is 6. The lowest BCUT2D eigenvalue weighted by molar-refractivity contribution is -0.116. The van der Waals surface area contributed by atoms with Crippen LogP contribution in [-0.2, 0) is 10.5 Å². The average molecular weight is 457 g/mol. The van der Waals surface area contributed by atoms with E-state index in [1.165, 1.54) is 29.5 Å². The van der Waals surface area contributed by atoms with Gasteiger partial charge in [0.25, 0.3) is 5.91 Å². The molecule has 0 aliphatic carbocycles. The number of carboxylic acid groups (broad SMARTS) is 1. The molecule has 0 radical (unpaired) electrons. The third-order valence-electron chi connectivity index (χ3n) is 5.47. The maximum atomic E-state index is 13.2. The lowest BCUT2D eigenvalue weighted by Gasteiger charge is -2.34. The Morgan fingerprint density at radius 3 is 2.52 bits per heavy atom. The number of nitrogens with one attached hydrogen (secondary N) is 1. The molecule has 2 heterocycles. The minimum Gasteiger partial charge on any atom is -0.478 e. The van der Waals surface area contributed by atoms with Gasteiger partial charge in [0.2, 0.25) is 0 Å². The Labute approximate surface area is 194 Å². The zero-order valence-electron chi connectivity index (χ0n) is 17.7. The minimum atomic E-state index is -0.995. The van der Waals surface area contributed by atoms with Crippen molar-refractivity contribution in [3.8, 4) is 0 Å². The van der Waals surface area contributed by atoms with E-state index in [9.17, 15) is 14.7 Å². The third-order valence-corrected chi connectivity index (χ3v) is 6.40. The molecule has 3 aromatic rings. The van der Waals surface area contributed by atoms with Gasteiger partial charge in [-0.25, -0.2) is 9.80 Å². The molecule has 7 nitrogen and oxygen atoms in total. The standard InChI is InChI=1S/C25H20N4O3S/c1-15-6-8-16(9-7-15)14-33-25-27-23(30)21-19-4-2-3-5-20(19)26-22(29(21)28-25)17-10-12-18(13-11-17)24(31)32/h2-13,22H,14H2,1H3,(H,31,32)(H,27,28,30). The van der Waals surface area contributed by atoms with Gasteiger partial charge in [0.1, 0.15) is 5.70 Å². The van der Waals surface area contributed by atoms with Crippen LogP contribution >= 0.6 is 11.8 Å². The molecule has 0 aromatic heterocycles. The number of carboxylic acids is 1. The van der Waals surface area contributed by atoms with Gasteiger partial charge in [-0.15, -0.1) is 5.10 Å². The van der Waals surface area contributed by atoms with Crippen LogP contribution in [0.4, 0.5) is 0 Å². The van der Waals surface area contributed by atoms with Crippen LogP contribution in [-0.4, -0.2) is 27.2 Å². The number of thioether (sulfide) groups is 1. The van der Waals surface area contributed by atoms with Gasteiger partial charge in [-0.05, 0) is 36.2 Å². The van der Waals surface area contributed by atoms with E-state index < -0.39 is 12.1 Å². The first kappa shape index (κ1) is 21.0. The third kappa shape index (κ3) is 4.12. The van der Waals surface area contributed by atoms with Crippen LogP contribution in [0.15, 0.2) is 82.9 Å². The first-order valence-electron chi connectivity index (χ1n) is 10.4. The number of amides is 1. The van der Waals surface area contributed by atoms with E-state index in [0.29, 0.717) is 27.2 Å². The van der Waals surface area contributed by atoms with Gasteiger partial charge in [0.05, 0.1) is 10.9 Å². The second-order valence-electron chi connectivity index (χ2n) is 7.77. The summed E-state index contributed by atoms with van der Waals surface area (Å²) in [6.07, 6.45) is -0.584. The van der Waals surface area contributed by atoms with Crippen molar-refractivity contribution in [2.45, 2.75) is 18.8 Å². The smallest absolute Gasteiger partial charge is 0.335 e. The van der Waals surface area contributed by atoms with Crippen LogP contribution < -0.4 is 15.9 Å². The number of rotatable bonds is 4. The van der Waals surface area contributed by atoms with Crippen LogP contribution in [0, 0.1) is 6.92 Å². The van der Waals surface area contributed by atoms with E-state index >= 15 is 0 Å². The molecule has 2 aliphatic heterocycles. The van der Waals surface area contributed by atoms with Crippen molar-refractivity contribution < 1.29 is 14.7 Å². The SMILES string of the molecule is Cc1ccc(CSC2=NN3C(=c4ccccc4=NC3c3ccc(C(=O)O)cc3)C(=O)N2)cc1. The largest absolute Gasteiger partial charge is 0.478 e. The summed E-state index contributed by atoms with van der Waals surface area (Å²) in [5.41, 5.74) is 3.68. The Bertz CT molecular complexity index is 1400. The van der Waals surface area contributed by atoms with Crippen LogP contribution in [0.2, 0.25) is 0 Å². The zero-order chi connectivity index (χ0) is 22.9. The fraction of sp³-hybridized carbons (Fsp3) is 0.120. The Kier molecular flexibility index (Phi) is 5.43. The zero-order valence-corrected chi connectivity index (χ0v) is 18.5. The number of carbonyl (C=O) groups excluding carboxylic acids is 1. The predicted octanol–water partition coefficient (Wildman–Crippen LogP) is 2.77. The highest BCUT2D eigenvalue weighted by Gasteiger charge is 2.34. The van der Waals surface area contributed by atoms with Crippen LogP contribution in [0.3, 0.4) is 0 Å². The van der Waals surface area contributed by atoms with Gasteiger partial charge in [0, 0.05) is 11.0 Å². The molecule has 8 heteroatoms. The molecule has 1 atom stereocenters. The Morgan fingerprint density at radius 2 is 1.79 bits per heavy atom. The summed E-state index contributed by atoms with van der Waals surface area (Å²) < 4.78 is 0. The molecule has 5 rings (SSSR count). The molecule has 1 amide bonds. The van der Waals surface area contributed by atoms with Crippen molar-refractivity contribution in [3.05, 3.63) is 106 Å². The normalized spacial score (nSPS) is 16.8. The predicted molar refractivity (Wildman–Crippen MR) is 127 cm³/mol. The van der Waals surface area contributed by atoms with E-state index in [1.54, 1.807) is 17.1 Å². The molecule has 0 bridgehead atoms. The average Bonchev–Trinajstić information content (AvgIpc) is 2.83. The molecular weight excluding hydrogens is 436 g/mol. The Hall–Kier alpha value is -3.91. The highest BCUT2D eigenvalue weighted by atomic mass is 32.2. The number of nitrogens with zero attached hydrogens (tertiary/aromatic N) is 3. The molecule has 0 saturated heterocycles. The summed E-state index contributed by atoms with van der Waals surface area (Å²) in [5, 5.41) is 20.4. The monoisotopic (exact) mass is 456 g/mol. The van der Waals surface area contributed by atoms with Gasteiger partial charge in [0.15, 0.2) is 11.3 Å². The van der Waals surface area contributed by atoms with E-state index in [2.05, 4.69) is 29.6 Å². The number of aryl methyl sites for hydroxylation is 1. The fourth-order valence-corrected chi connectivity index (χ4v) is 4.55. The summed E-state index contributed by atoms with van der Waals surface area (Å²) in [7, 11) is 0. The quantitative estimate of drug-likeness (QED) is 0.630. The summed E-state index contributed by atoms with van der Waals surface area (Å²) in [4.78, 5) is 29.3. The topological polar surface area (TPSA) is 94.4 Å². The van der Waals surface area contributed by atoms with Gasteiger partial charge < -0.3 is 5.11 Å². The molecular formula is C25H20N4O3S. The molecule has 3 aromatic carbocycles. The lowest BCUT2D eigenvalue weighted by atomic mass is 10.1. The molecule has 2 aliphatic rings.